The fraction of sp³-hybridized carbons (Fsp3) is 0.278. The summed E-state index contributed by atoms with van der Waals surface area (Å²) in [4.78, 5) is 25.8. The number of amides is 1. The highest BCUT2D eigenvalue weighted by Gasteiger charge is 2.16. The van der Waals surface area contributed by atoms with Crippen molar-refractivity contribution in [2.24, 2.45) is 0 Å². The van der Waals surface area contributed by atoms with Gasteiger partial charge in [0.1, 0.15) is 5.65 Å². The summed E-state index contributed by atoms with van der Waals surface area (Å²) in [5, 5.41) is 8.62. The highest BCUT2D eigenvalue weighted by molar-refractivity contribution is 7.98. The van der Waals surface area contributed by atoms with Crippen LogP contribution in [0, 0.1) is 13.8 Å². The first-order valence-electron chi connectivity index (χ1n) is 8.61. The third-order valence-corrected chi connectivity index (χ3v) is 5.24. The summed E-state index contributed by atoms with van der Waals surface area (Å²) in [7, 11) is 0. The molecule has 10 heteroatoms. The lowest BCUT2D eigenvalue weighted by Crippen LogP contribution is -2.26. The van der Waals surface area contributed by atoms with Gasteiger partial charge in [-0.05, 0) is 32.2 Å². The summed E-state index contributed by atoms with van der Waals surface area (Å²) in [5.74, 6) is 0.444. The van der Waals surface area contributed by atoms with Gasteiger partial charge in [-0.2, -0.15) is 4.98 Å². The number of halogens is 1. The lowest BCUT2D eigenvalue weighted by Gasteiger charge is -2.10. The molecular weight excluding hydrogens is 398 g/mol. The van der Waals surface area contributed by atoms with E-state index in [1.165, 1.54) is 11.8 Å². The number of hydrogen-bond donors (Lipinski definition) is 1. The molecule has 0 aliphatic heterocycles. The standard InChI is InChI=1S/C18H18ClN7OS/c1-10-14(11(2)26-17(21-10)23-18(24-26)28-3)6-16(27)20-7-13-9-25-8-12(19)4-5-15(25)22-13/h4-5,8-9H,6-7H2,1-3H3,(H,20,27). The lowest BCUT2D eigenvalue weighted by atomic mass is 10.1. The summed E-state index contributed by atoms with van der Waals surface area (Å²) < 4.78 is 3.53. The van der Waals surface area contributed by atoms with Gasteiger partial charge in [0.25, 0.3) is 5.78 Å². The van der Waals surface area contributed by atoms with Crippen molar-refractivity contribution in [3.05, 3.63) is 52.2 Å². The summed E-state index contributed by atoms with van der Waals surface area (Å²) >= 11 is 7.45. The quantitative estimate of drug-likeness (QED) is 0.504. The number of pyridine rings is 1. The fourth-order valence-electron chi connectivity index (χ4n) is 3.05. The van der Waals surface area contributed by atoms with Crippen LogP contribution >= 0.6 is 23.4 Å². The Hall–Kier alpha value is -2.65. The minimum atomic E-state index is -0.104. The number of carbonyl (C=O) groups excluding carboxylic acids is 1. The zero-order valence-corrected chi connectivity index (χ0v) is 17.2. The van der Waals surface area contributed by atoms with Crippen molar-refractivity contribution in [3.63, 3.8) is 0 Å². The van der Waals surface area contributed by atoms with E-state index in [9.17, 15) is 4.79 Å². The van der Waals surface area contributed by atoms with Gasteiger partial charge in [0.05, 0.1) is 23.7 Å². The molecule has 4 aromatic heterocycles. The Bertz CT molecular complexity index is 1200. The number of nitrogens with one attached hydrogen (secondary N) is 1. The Labute approximate surface area is 170 Å². The van der Waals surface area contributed by atoms with Crippen LogP contribution in [0.2, 0.25) is 5.02 Å². The molecule has 0 unspecified atom stereocenters. The van der Waals surface area contributed by atoms with Crippen LogP contribution in [0.4, 0.5) is 0 Å². The molecular formula is C18H18ClN7OS. The molecule has 4 aromatic rings. The smallest absolute Gasteiger partial charge is 0.253 e. The predicted octanol–water partition coefficient (Wildman–Crippen LogP) is 2.62. The van der Waals surface area contributed by atoms with Gasteiger partial charge in [0.15, 0.2) is 0 Å². The summed E-state index contributed by atoms with van der Waals surface area (Å²) in [6.45, 7) is 4.15. The maximum Gasteiger partial charge on any atom is 0.253 e. The molecule has 144 valence electrons. The Balaban J connectivity index is 1.49. The number of carbonyl (C=O) groups is 1. The van der Waals surface area contributed by atoms with Gasteiger partial charge in [0, 0.05) is 29.3 Å². The number of rotatable bonds is 5. The molecule has 0 bridgehead atoms. The number of imidazole rings is 1. The summed E-state index contributed by atoms with van der Waals surface area (Å²) in [5.41, 5.74) is 4.05. The largest absolute Gasteiger partial charge is 0.350 e. The molecule has 0 aromatic carbocycles. The van der Waals surface area contributed by atoms with Gasteiger partial charge >= 0.3 is 0 Å². The maximum absolute atomic E-state index is 12.5. The van der Waals surface area contributed by atoms with Crippen LogP contribution in [0.15, 0.2) is 29.7 Å². The molecule has 1 amide bonds. The van der Waals surface area contributed by atoms with E-state index in [1.54, 1.807) is 16.8 Å². The number of aryl methyl sites for hydroxylation is 2. The van der Waals surface area contributed by atoms with Gasteiger partial charge in [-0.25, -0.2) is 14.5 Å². The molecule has 8 nitrogen and oxygen atoms in total. The molecule has 0 atom stereocenters. The Kier molecular flexibility index (Phi) is 4.94. The van der Waals surface area contributed by atoms with E-state index in [1.807, 2.05) is 36.8 Å². The normalized spacial score (nSPS) is 11.4. The van der Waals surface area contributed by atoms with E-state index in [-0.39, 0.29) is 12.3 Å². The molecule has 0 radical (unpaired) electrons. The van der Waals surface area contributed by atoms with Crippen LogP contribution in [0.1, 0.15) is 22.6 Å². The predicted molar refractivity (Wildman–Crippen MR) is 108 cm³/mol. The molecule has 0 saturated carbocycles. The third kappa shape index (κ3) is 3.55. The van der Waals surface area contributed by atoms with Gasteiger partial charge in [-0.3, -0.25) is 4.79 Å². The number of thioether (sulfide) groups is 1. The average molecular weight is 416 g/mol. The lowest BCUT2D eigenvalue weighted by molar-refractivity contribution is -0.120. The number of fused-ring (bicyclic) bond motifs is 2. The Morgan fingerprint density at radius 1 is 1.21 bits per heavy atom. The van der Waals surface area contributed by atoms with Crippen molar-refractivity contribution in [1.82, 2.24) is 34.3 Å². The average Bonchev–Trinajstić information content (AvgIpc) is 3.26. The number of aromatic nitrogens is 6. The first-order chi connectivity index (χ1) is 13.4. The van der Waals surface area contributed by atoms with Crippen LogP contribution in [-0.2, 0) is 17.8 Å². The fourth-order valence-corrected chi connectivity index (χ4v) is 3.55. The molecule has 28 heavy (non-hydrogen) atoms. The van der Waals surface area contributed by atoms with Crippen LogP contribution in [0.3, 0.4) is 0 Å². The van der Waals surface area contributed by atoms with Gasteiger partial charge < -0.3 is 9.72 Å². The van der Waals surface area contributed by atoms with Crippen LogP contribution < -0.4 is 5.32 Å². The molecule has 0 aliphatic rings. The van der Waals surface area contributed by atoms with E-state index >= 15 is 0 Å². The van der Waals surface area contributed by atoms with Gasteiger partial charge in [-0.15, -0.1) is 5.10 Å². The molecule has 1 N–H and O–H groups in total. The minimum absolute atomic E-state index is 0.104. The Morgan fingerprint density at radius 2 is 2.04 bits per heavy atom. The second-order valence-corrected chi connectivity index (χ2v) is 7.58. The SMILES string of the molecule is CSc1nc2nc(C)c(CC(=O)NCc3cn4cc(Cl)ccc4n3)c(C)n2n1. The molecule has 0 spiro atoms. The maximum atomic E-state index is 12.5. The molecule has 4 rings (SSSR count). The zero-order valence-electron chi connectivity index (χ0n) is 15.6. The second-order valence-electron chi connectivity index (χ2n) is 6.37. The van der Waals surface area contributed by atoms with Crippen LogP contribution in [-0.4, -0.2) is 41.1 Å². The zero-order chi connectivity index (χ0) is 19.8. The summed E-state index contributed by atoms with van der Waals surface area (Å²) in [6, 6.07) is 3.62. The van der Waals surface area contributed by atoms with E-state index in [0.717, 1.165) is 28.3 Å². The van der Waals surface area contributed by atoms with Crippen molar-refractivity contribution < 1.29 is 4.79 Å². The highest BCUT2D eigenvalue weighted by atomic mass is 35.5. The number of nitrogens with zero attached hydrogens (tertiary/aromatic N) is 6. The van der Waals surface area contributed by atoms with Crippen molar-refractivity contribution in [1.29, 1.82) is 0 Å². The van der Waals surface area contributed by atoms with E-state index < -0.39 is 0 Å². The molecule has 0 fully saturated rings. The monoisotopic (exact) mass is 415 g/mol. The van der Waals surface area contributed by atoms with Crippen molar-refractivity contribution >= 4 is 40.7 Å². The van der Waals surface area contributed by atoms with E-state index in [4.69, 9.17) is 11.6 Å². The topological polar surface area (TPSA) is 89.5 Å². The number of hydrogen-bond acceptors (Lipinski definition) is 6. The highest BCUT2D eigenvalue weighted by Crippen LogP contribution is 2.17. The molecule has 4 heterocycles. The minimum Gasteiger partial charge on any atom is -0.350 e. The van der Waals surface area contributed by atoms with Crippen molar-refractivity contribution in [2.75, 3.05) is 6.26 Å². The summed E-state index contributed by atoms with van der Waals surface area (Å²) in [6.07, 6.45) is 5.77. The van der Waals surface area contributed by atoms with Gasteiger partial charge in [-0.1, -0.05) is 23.4 Å². The second kappa shape index (κ2) is 7.40. The Morgan fingerprint density at radius 3 is 2.82 bits per heavy atom. The molecule has 0 aliphatic carbocycles. The van der Waals surface area contributed by atoms with Crippen LogP contribution in [0.5, 0.6) is 0 Å². The van der Waals surface area contributed by atoms with E-state index in [0.29, 0.717) is 22.5 Å². The first-order valence-corrected chi connectivity index (χ1v) is 10.2. The molecule has 0 saturated heterocycles. The third-order valence-electron chi connectivity index (χ3n) is 4.48. The van der Waals surface area contributed by atoms with Gasteiger partial charge in [0.2, 0.25) is 11.1 Å². The van der Waals surface area contributed by atoms with Crippen LogP contribution in [0.25, 0.3) is 11.4 Å². The van der Waals surface area contributed by atoms with E-state index in [2.05, 4.69) is 25.4 Å². The van der Waals surface area contributed by atoms with Crippen molar-refractivity contribution in [3.8, 4) is 0 Å². The first kappa shape index (κ1) is 18.7. The van der Waals surface area contributed by atoms with Crippen molar-refractivity contribution in [2.45, 2.75) is 32.0 Å².